The van der Waals surface area contributed by atoms with E-state index in [1.807, 2.05) is 0 Å². The van der Waals surface area contributed by atoms with Gasteiger partial charge in [-0.15, -0.1) is 0 Å². The predicted octanol–water partition coefficient (Wildman–Crippen LogP) is 22.1. The second kappa shape index (κ2) is 68.2. The first-order valence-corrected chi connectivity index (χ1v) is 42.1. The van der Waals surface area contributed by atoms with E-state index in [4.69, 9.17) is 37.0 Å². The highest BCUT2D eigenvalue weighted by Crippen LogP contribution is 2.45. The summed E-state index contributed by atoms with van der Waals surface area (Å²) >= 11 is 0. The minimum Gasteiger partial charge on any atom is -0.462 e. The van der Waals surface area contributed by atoms with Gasteiger partial charge in [-0.25, -0.2) is 9.13 Å². The van der Waals surface area contributed by atoms with Gasteiger partial charge in [0.25, 0.3) is 0 Å². The van der Waals surface area contributed by atoms with Crippen molar-refractivity contribution >= 4 is 39.5 Å². The molecule has 0 aliphatic rings. The molecule has 0 rings (SSSR count). The zero-order valence-corrected chi connectivity index (χ0v) is 62.9. The molecule has 0 aliphatic carbocycles. The largest absolute Gasteiger partial charge is 0.472 e. The van der Waals surface area contributed by atoms with Crippen LogP contribution in [-0.4, -0.2) is 96.7 Å². The summed E-state index contributed by atoms with van der Waals surface area (Å²) in [5.41, 5.74) is 0. The van der Waals surface area contributed by atoms with E-state index in [0.717, 1.165) is 102 Å². The smallest absolute Gasteiger partial charge is 0.462 e. The number of rotatable bonds is 75. The van der Waals surface area contributed by atoms with Gasteiger partial charge in [0.2, 0.25) is 0 Å². The Kier molecular flexibility index (Phi) is 66.8. The first-order valence-electron chi connectivity index (χ1n) is 39.1. The molecule has 0 spiro atoms. The Labute approximate surface area is 575 Å². The first kappa shape index (κ1) is 92.1. The number of aliphatic hydroxyl groups excluding tert-OH is 1. The van der Waals surface area contributed by atoms with Crippen molar-refractivity contribution in [3.63, 3.8) is 0 Å². The third-order valence-electron chi connectivity index (χ3n) is 17.5. The Bertz CT molecular complexity index is 1810. The van der Waals surface area contributed by atoms with Gasteiger partial charge >= 0.3 is 39.5 Å². The molecule has 0 aromatic carbocycles. The lowest BCUT2D eigenvalue weighted by Gasteiger charge is -2.21. The van der Waals surface area contributed by atoms with Gasteiger partial charge in [0.1, 0.15) is 19.3 Å². The number of ether oxygens (including phenoxy) is 4. The van der Waals surface area contributed by atoms with E-state index in [1.54, 1.807) is 0 Å². The number of esters is 4. The molecule has 0 aromatic rings. The van der Waals surface area contributed by atoms with E-state index >= 15 is 0 Å². The Morgan fingerprint density at radius 3 is 0.723 bits per heavy atom. The normalized spacial score (nSPS) is 14.0. The van der Waals surface area contributed by atoms with Gasteiger partial charge in [0, 0.05) is 25.7 Å². The third kappa shape index (κ3) is 68.6. The lowest BCUT2D eigenvalue weighted by molar-refractivity contribution is -0.161. The van der Waals surface area contributed by atoms with Crippen LogP contribution in [0.25, 0.3) is 0 Å². The van der Waals surface area contributed by atoms with Gasteiger partial charge in [-0.3, -0.25) is 37.3 Å². The monoisotopic (exact) mass is 1380 g/mol. The van der Waals surface area contributed by atoms with Crippen molar-refractivity contribution < 1.29 is 80.2 Å². The lowest BCUT2D eigenvalue weighted by Crippen LogP contribution is -2.30. The maximum absolute atomic E-state index is 13.1. The Balaban J connectivity index is 5.14. The molecule has 0 aromatic heterocycles. The number of hydrogen-bond acceptors (Lipinski definition) is 15. The van der Waals surface area contributed by atoms with Crippen LogP contribution in [0, 0.1) is 5.92 Å². The summed E-state index contributed by atoms with van der Waals surface area (Å²) in [4.78, 5) is 72.5. The second-order valence-electron chi connectivity index (χ2n) is 27.5. The number of carbonyl (C=O) groups is 4. The maximum atomic E-state index is 13.1. The molecule has 558 valence electrons. The average molecular weight is 1380 g/mol. The van der Waals surface area contributed by atoms with Crippen molar-refractivity contribution in [2.45, 2.75) is 412 Å². The van der Waals surface area contributed by atoms with Crippen molar-refractivity contribution in [1.82, 2.24) is 0 Å². The van der Waals surface area contributed by atoms with Gasteiger partial charge in [-0.1, -0.05) is 343 Å². The zero-order valence-electron chi connectivity index (χ0n) is 61.1. The van der Waals surface area contributed by atoms with Crippen LogP contribution in [0.2, 0.25) is 0 Å². The van der Waals surface area contributed by atoms with E-state index in [2.05, 4.69) is 34.6 Å². The van der Waals surface area contributed by atoms with Gasteiger partial charge < -0.3 is 33.8 Å². The molecule has 94 heavy (non-hydrogen) atoms. The van der Waals surface area contributed by atoms with Crippen LogP contribution in [-0.2, 0) is 65.4 Å². The van der Waals surface area contributed by atoms with Crippen LogP contribution in [0.1, 0.15) is 394 Å². The Morgan fingerprint density at radius 2 is 0.489 bits per heavy atom. The molecule has 2 unspecified atom stereocenters. The molecule has 0 bridgehead atoms. The molecular weight excluding hydrogens is 1230 g/mol. The molecule has 0 aliphatic heterocycles. The SMILES string of the molecule is CCCCCCCCCCCCCCCCCCCCC(=O)O[C@H](COC(=O)CCCCCCCCCCCCCCCCCCC)COP(=O)(O)OC[C@@H](O)COP(=O)(O)OC[C@@H](COC(=O)CCCCCCC)OC(=O)CCCCCCCCCCCCCC(C)C. The summed E-state index contributed by atoms with van der Waals surface area (Å²) in [7, 11) is -9.90. The summed E-state index contributed by atoms with van der Waals surface area (Å²) in [6.45, 7) is 7.20. The fraction of sp³-hybridized carbons (Fsp3) is 0.947. The van der Waals surface area contributed by atoms with E-state index < -0.39 is 97.5 Å². The molecule has 19 heteroatoms. The maximum Gasteiger partial charge on any atom is 0.472 e. The van der Waals surface area contributed by atoms with Crippen molar-refractivity contribution in [1.29, 1.82) is 0 Å². The highest BCUT2D eigenvalue weighted by Gasteiger charge is 2.30. The fourth-order valence-electron chi connectivity index (χ4n) is 11.5. The number of phosphoric acid groups is 2. The van der Waals surface area contributed by atoms with Crippen molar-refractivity contribution in [2.75, 3.05) is 39.6 Å². The van der Waals surface area contributed by atoms with Crippen molar-refractivity contribution in [2.24, 2.45) is 5.92 Å². The zero-order chi connectivity index (χ0) is 69.1. The number of carbonyl (C=O) groups excluding carboxylic acids is 4. The molecule has 17 nitrogen and oxygen atoms in total. The van der Waals surface area contributed by atoms with Crippen LogP contribution in [0.5, 0.6) is 0 Å². The lowest BCUT2D eigenvalue weighted by atomic mass is 10.0. The van der Waals surface area contributed by atoms with Crippen LogP contribution < -0.4 is 0 Å². The molecular formula is C75H146O17P2. The molecule has 0 radical (unpaired) electrons. The van der Waals surface area contributed by atoms with E-state index in [-0.39, 0.29) is 25.7 Å². The number of hydrogen-bond donors (Lipinski definition) is 3. The van der Waals surface area contributed by atoms with E-state index in [0.29, 0.717) is 25.7 Å². The Morgan fingerprint density at radius 1 is 0.287 bits per heavy atom. The minimum absolute atomic E-state index is 0.106. The summed E-state index contributed by atoms with van der Waals surface area (Å²) in [6, 6.07) is 0. The third-order valence-corrected chi connectivity index (χ3v) is 19.4. The molecule has 0 fully saturated rings. The summed E-state index contributed by atoms with van der Waals surface area (Å²) in [5, 5.41) is 10.6. The molecule has 3 N–H and O–H groups in total. The van der Waals surface area contributed by atoms with Crippen LogP contribution in [0.15, 0.2) is 0 Å². The average Bonchev–Trinajstić information content (AvgIpc) is 2.95. The van der Waals surface area contributed by atoms with E-state index in [9.17, 15) is 43.2 Å². The molecule has 0 saturated heterocycles. The molecule has 5 atom stereocenters. The van der Waals surface area contributed by atoms with Crippen molar-refractivity contribution in [3.8, 4) is 0 Å². The number of aliphatic hydroxyl groups is 1. The molecule has 0 saturated carbocycles. The standard InChI is InChI=1S/C75H146O17P2/c1-6-9-12-15-17-19-21-23-25-27-29-31-33-37-41-45-50-55-60-75(80)92-71(65-86-73(78)59-54-49-44-40-36-32-30-28-26-24-22-20-18-16-13-10-7-2)67-90-94(83,84)88-63-69(76)62-87-93(81,82)89-66-70(64-85-72(77)58-53-47-14-11-8-3)91-74(79)61-56-51-46-42-38-34-35-39-43-48-52-57-68(4)5/h68-71,76H,6-67H2,1-5H3,(H,81,82)(H,83,84)/t69-,70+,71+/m0/s1. The second-order valence-corrected chi connectivity index (χ2v) is 30.4. The van der Waals surface area contributed by atoms with Gasteiger partial charge in [0.15, 0.2) is 12.2 Å². The van der Waals surface area contributed by atoms with Gasteiger partial charge in [-0.05, 0) is 31.6 Å². The predicted molar refractivity (Wildman–Crippen MR) is 382 cm³/mol. The van der Waals surface area contributed by atoms with E-state index in [1.165, 1.54) is 212 Å². The Hall–Kier alpha value is -1.94. The van der Waals surface area contributed by atoms with Crippen LogP contribution >= 0.6 is 15.6 Å². The first-order chi connectivity index (χ1) is 45.5. The summed E-state index contributed by atoms with van der Waals surface area (Å²) < 4.78 is 68.3. The highest BCUT2D eigenvalue weighted by molar-refractivity contribution is 7.47. The highest BCUT2D eigenvalue weighted by atomic mass is 31.2. The van der Waals surface area contributed by atoms with Crippen molar-refractivity contribution in [3.05, 3.63) is 0 Å². The number of unbranched alkanes of at least 4 members (excludes halogenated alkanes) is 47. The van der Waals surface area contributed by atoms with Gasteiger partial charge in [0.05, 0.1) is 26.4 Å². The molecule has 0 heterocycles. The summed E-state index contributed by atoms with van der Waals surface area (Å²) in [6.07, 6.45) is 57.3. The van der Waals surface area contributed by atoms with Gasteiger partial charge in [-0.2, -0.15) is 0 Å². The molecule has 0 amide bonds. The topological polar surface area (TPSA) is 237 Å². The van der Waals surface area contributed by atoms with Crippen LogP contribution in [0.4, 0.5) is 0 Å². The quantitative estimate of drug-likeness (QED) is 0.0222. The number of phosphoric ester groups is 2. The fourth-order valence-corrected chi connectivity index (χ4v) is 13.1. The van der Waals surface area contributed by atoms with Crippen LogP contribution in [0.3, 0.4) is 0 Å². The summed E-state index contributed by atoms with van der Waals surface area (Å²) in [5.74, 6) is -1.36. The minimum atomic E-state index is -4.95.